The fourth-order valence-corrected chi connectivity index (χ4v) is 1.90. The fourth-order valence-electron chi connectivity index (χ4n) is 1.90. The van der Waals surface area contributed by atoms with Crippen LogP contribution >= 0.6 is 0 Å². The van der Waals surface area contributed by atoms with Gasteiger partial charge in [-0.1, -0.05) is 0 Å². The Morgan fingerprint density at radius 3 is 1.76 bits per heavy atom. The summed E-state index contributed by atoms with van der Waals surface area (Å²) >= 11 is 0. The van der Waals surface area contributed by atoms with E-state index in [1.165, 1.54) is 6.07 Å². The van der Waals surface area contributed by atoms with Crippen molar-refractivity contribution < 1.29 is 19.6 Å². The molecule has 10 nitrogen and oxygen atoms in total. The van der Waals surface area contributed by atoms with Crippen molar-refractivity contribution in [2.45, 2.75) is 0 Å². The molecule has 21 heavy (non-hydrogen) atoms. The Labute approximate surface area is 115 Å². The Balaban J connectivity index is 2.96. The van der Waals surface area contributed by atoms with Crippen LogP contribution in [0, 0.1) is 30.3 Å². The van der Waals surface area contributed by atoms with Gasteiger partial charge in [0.15, 0.2) is 0 Å². The van der Waals surface area contributed by atoms with E-state index in [0.717, 1.165) is 18.2 Å². The van der Waals surface area contributed by atoms with Crippen molar-refractivity contribution >= 4 is 34.1 Å². The second kappa shape index (κ2) is 4.92. The summed E-state index contributed by atoms with van der Waals surface area (Å²) in [6, 6.07) is 3.74. The smallest absolute Gasteiger partial charge is 0.298 e. The molecule has 0 atom stereocenters. The summed E-state index contributed by atoms with van der Waals surface area (Å²) in [7, 11) is 0. The van der Waals surface area contributed by atoms with E-state index in [0.29, 0.717) is 6.29 Å². The normalized spacial score (nSPS) is 10.3. The fraction of sp³-hybridized carbons (Fsp3) is 0. The lowest BCUT2D eigenvalue weighted by molar-refractivity contribution is -0.422. The first-order valence-corrected chi connectivity index (χ1v) is 5.35. The molecule has 2 rings (SSSR count). The minimum Gasteiger partial charge on any atom is -0.298 e. The summed E-state index contributed by atoms with van der Waals surface area (Å²) in [4.78, 5) is 40.6. The number of rotatable bonds is 4. The highest BCUT2D eigenvalue weighted by atomic mass is 16.6. The first-order valence-electron chi connectivity index (χ1n) is 5.35. The predicted molar refractivity (Wildman–Crippen MR) is 69.3 cm³/mol. The highest BCUT2D eigenvalue weighted by Gasteiger charge is 2.27. The zero-order valence-electron chi connectivity index (χ0n) is 10.1. The number of nitro groups is 3. The van der Waals surface area contributed by atoms with Gasteiger partial charge in [0.2, 0.25) is 0 Å². The van der Waals surface area contributed by atoms with Crippen LogP contribution < -0.4 is 0 Å². The number of hydrogen-bond acceptors (Lipinski definition) is 7. The number of non-ortho nitro benzene ring substituents is 1. The van der Waals surface area contributed by atoms with Crippen molar-refractivity contribution in [3.8, 4) is 0 Å². The number of aldehydes is 1. The molecule has 0 amide bonds. The second-order valence-electron chi connectivity index (χ2n) is 3.99. The van der Waals surface area contributed by atoms with Gasteiger partial charge in [0.1, 0.15) is 6.29 Å². The molecule has 10 heteroatoms. The molecule has 0 aliphatic carbocycles. The third kappa shape index (κ3) is 2.36. The number of carbonyl (C=O) groups excluding carboxylic acids is 1. The molecule has 2 aromatic carbocycles. The number of nitro benzene ring substituents is 3. The van der Waals surface area contributed by atoms with Crippen molar-refractivity contribution in [2.75, 3.05) is 0 Å². The van der Waals surface area contributed by atoms with Crippen molar-refractivity contribution in [3.05, 3.63) is 60.2 Å². The first-order chi connectivity index (χ1) is 9.85. The molecule has 0 heterocycles. The number of fused-ring (bicyclic) bond motifs is 1. The second-order valence-corrected chi connectivity index (χ2v) is 3.99. The lowest BCUT2D eigenvalue weighted by atomic mass is 10.0. The lowest BCUT2D eigenvalue weighted by Gasteiger charge is -2.02. The summed E-state index contributed by atoms with van der Waals surface area (Å²) in [5, 5.41) is 32.5. The van der Waals surface area contributed by atoms with Gasteiger partial charge < -0.3 is 0 Å². The molecule has 0 unspecified atom stereocenters. The molecular formula is C11H5N3O7. The molecule has 0 aliphatic rings. The number of benzene rings is 2. The number of hydrogen-bond donors (Lipinski definition) is 0. The third-order valence-electron chi connectivity index (χ3n) is 2.77. The Hall–Kier alpha value is -3.43. The van der Waals surface area contributed by atoms with Crippen LogP contribution in [0.5, 0.6) is 0 Å². The Morgan fingerprint density at radius 2 is 1.29 bits per heavy atom. The van der Waals surface area contributed by atoms with E-state index in [1.54, 1.807) is 0 Å². The van der Waals surface area contributed by atoms with Gasteiger partial charge in [0, 0.05) is 23.8 Å². The molecule has 0 fully saturated rings. The maximum Gasteiger partial charge on any atom is 0.346 e. The van der Waals surface area contributed by atoms with Gasteiger partial charge in [0.05, 0.1) is 20.2 Å². The SMILES string of the molecule is O=Cc1cc([N+](=O)[O-])c2cc([N+](=O)[O-])c([N+](=O)[O-])cc2c1. The highest BCUT2D eigenvalue weighted by Crippen LogP contribution is 2.36. The maximum absolute atomic E-state index is 11.0. The minimum absolute atomic E-state index is 0.00333. The molecule has 0 aromatic heterocycles. The van der Waals surface area contributed by atoms with Crippen LogP contribution in [0.4, 0.5) is 17.1 Å². The van der Waals surface area contributed by atoms with Crippen molar-refractivity contribution in [3.63, 3.8) is 0 Å². The monoisotopic (exact) mass is 291 g/mol. The summed E-state index contributed by atoms with van der Waals surface area (Å²) in [6.45, 7) is 0. The molecule has 106 valence electrons. The van der Waals surface area contributed by atoms with Crippen molar-refractivity contribution in [1.82, 2.24) is 0 Å². The lowest BCUT2D eigenvalue weighted by Crippen LogP contribution is -1.98. The standard InChI is InChI=1S/C11H5N3O7/c15-5-6-1-7-3-10(13(18)19)11(14(20)21)4-8(7)9(2-6)12(16)17/h1-5H. The van der Waals surface area contributed by atoms with E-state index in [2.05, 4.69) is 0 Å². The molecule has 0 saturated carbocycles. The van der Waals surface area contributed by atoms with Crippen LogP contribution in [0.1, 0.15) is 10.4 Å². The van der Waals surface area contributed by atoms with Gasteiger partial charge in [-0.25, -0.2) is 0 Å². The van der Waals surface area contributed by atoms with E-state index in [-0.39, 0.29) is 16.3 Å². The van der Waals surface area contributed by atoms with Gasteiger partial charge in [0.25, 0.3) is 5.69 Å². The van der Waals surface area contributed by atoms with Crippen LogP contribution in [0.2, 0.25) is 0 Å². The van der Waals surface area contributed by atoms with Crippen LogP contribution in [0.25, 0.3) is 10.8 Å². The van der Waals surface area contributed by atoms with Gasteiger partial charge in [-0.15, -0.1) is 0 Å². The molecule has 0 saturated heterocycles. The van der Waals surface area contributed by atoms with E-state index in [4.69, 9.17) is 0 Å². The largest absolute Gasteiger partial charge is 0.346 e. The zero-order chi connectivity index (χ0) is 15.7. The number of nitrogens with zero attached hydrogens (tertiary/aromatic N) is 3. The summed E-state index contributed by atoms with van der Waals surface area (Å²) < 4.78 is 0. The highest BCUT2D eigenvalue weighted by molar-refractivity contribution is 5.98. The Morgan fingerprint density at radius 1 is 0.762 bits per heavy atom. The van der Waals surface area contributed by atoms with Gasteiger partial charge in [-0.05, 0) is 11.5 Å². The van der Waals surface area contributed by atoms with Crippen LogP contribution in [-0.4, -0.2) is 21.1 Å². The van der Waals surface area contributed by atoms with E-state index < -0.39 is 31.8 Å². The Bertz CT molecular complexity index is 815. The van der Waals surface area contributed by atoms with Gasteiger partial charge in [-0.2, -0.15) is 0 Å². The predicted octanol–water partition coefficient (Wildman–Crippen LogP) is 2.38. The van der Waals surface area contributed by atoms with Crippen LogP contribution in [-0.2, 0) is 0 Å². The van der Waals surface area contributed by atoms with Gasteiger partial charge in [-0.3, -0.25) is 35.1 Å². The molecule has 0 spiro atoms. The Kier molecular flexibility index (Phi) is 3.28. The van der Waals surface area contributed by atoms with Crippen molar-refractivity contribution in [2.24, 2.45) is 0 Å². The quantitative estimate of drug-likeness (QED) is 0.477. The van der Waals surface area contributed by atoms with E-state index >= 15 is 0 Å². The average Bonchev–Trinajstić information content (AvgIpc) is 2.43. The molecule has 0 radical (unpaired) electrons. The third-order valence-corrected chi connectivity index (χ3v) is 2.77. The summed E-state index contributed by atoms with van der Waals surface area (Å²) in [6.07, 6.45) is 0.347. The molecule has 2 aromatic rings. The maximum atomic E-state index is 11.0. The zero-order valence-corrected chi connectivity index (χ0v) is 10.1. The minimum atomic E-state index is -0.991. The summed E-state index contributed by atoms with van der Waals surface area (Å²) in [5.74, 6) is 0. The van der Waals surface area contributed by atoms with Crippen LogP contribution in [0.3, 0.4) is 0 Å². The summed E-state index contributed by atoms with van der Waals surface area (Å²) in [5.41, 5.74) is -2.25. The molecule has 0 aliphatic heterocycles. The van der Waals surface area contributed by atoms with Crippen LogP contribution in [0.15, 0.2) is 24.3 Å². The van der Waals surface area contributed by atoms with Gasteiger partial charge >= 0.3 is 11.4 Å². The topological polar surface area (TPSA) is 146 Å². The van der Waals surface area contributed by atoms with E-state index in [1.807, 2.05) is 0 Å². The molecular weight excluding hydrogens is 286 g/mol. The number of carbonyl (C=O) groups is 1. The average molecular weight is 291 g/mol. The van der Waals surface area contributed by atoms with E-state index in [9.17, 15) is 35.1 Å². The van der Waals surface area contributed by atoms with Crippen molar-refractivity contribution in [1.29, 1.82) is 0 Å². The molecule has 0 N–H and O–H groups in total. The molecule has 0 bridgehead atoms. The first kappa shape index (κ1) is 14.0.